The molecule has 8 nitrogen and oxygen atoms in total. The average Bonchev–Trinajstić information content (AvgIpc) is 3.39. The third kappa shape index (κ3) is 4.34. The molecule has 1 amide bonds. The number of anilines is 1. The molecular weight excluding hydrogens is 428 g/mol. The number of amides is 1. The molecule has 3 aromatic rings. The topological polar surface area (TPSA) is 95.3 Å². The van der Waals surface area contributed by atoms with Crippen LogP contribution < -0.4 is 14.8 Å². The SMILES string of the molecule is CC(=O)c1cc2c(cc1NC(=O)CSc1nnc(C3CC3)n1Cc1ccccc1)OCO2. The molecule has 1 fully saturated rings. The van der Waals surface area contributed by atoms with Crippen LogP contribution in [0.3, 0.4) is 0 Å². The van der Waals surface area contributed by atoms with Gasteiger partial charge in [-0.2, -0.15) is 0 Å². The summed E-state index contributed by atoms with van der Waals surface area (Å²) in [4.78, 5) is 24.8. The maximum atomic E-state index is 12.7. The number of thioether (sulfide) groups is 1. The summed E-state index contributed by atoms with van der Waals surface area (Å²) >= 11 is 1.34. The fourth-order valence-electron chi connectivity index (χ4n) is 3.62. The van der Waals surface area contributed by atoms with Gasteiger partial charge < -0.3 is 19.4 Å². The van der Waals surface area contributed by atoms with E-state index >= 15 is 0 Å². The highest BCUT2D eigenvalue weighted by Gasteiger charge is 2.30. The van der Waals surface area contributed by atoms with Crippen LogP contribution in [0.15, 0.2) is 47.6 Å². The van der Waals surface area contributed by atoms with E-state index in [1.807, 2.05) is 18.2 Å². The third-order valence-corrected chi connectivity index (χ3v) is 6.34. The van der Waals surface area contributed by atoms with Gasteiger partial charge in [-0.1, -0.05) is 42.1 Å². The Morgan fingerprint density at radius 1 is 1.12 bits per heavy atom. The lowest BCUT2D eigenvalue weighted by atomic mass is 10.1. The van der Waals surface area contributed by atoms with Crippen molar-refractivity contribution in [2.45, 2.75) is 37.4 Å². The highest BCUT2D eigenvalue weighted by Crippen LogP contribution is 2.40. The van der Waals surface area contributed by atoms with Crippen LogP contribution in [-0.2, 0) is 11.3 Å². The molecule has 0 atom stereocenters. The number of Topliss-reactive ketones (excluding diaryl/α,β-unsaturated/α-hetero) is 1. The monoisotopic (exact) mass is 450 g/mol. The van der Waals surface area contributed by atoms with E-state index in [-0.39, 0.29) is 24.2 Å². The van der Waals surface area contributed by atoms with Gasteiger partial charge in [0.1, 0.15) is 5.82 Å². The molecule has 0 unspecified atom stereocenters. The summed E-state index contributed by atoms with van der Waals surface area (Å²) in [6, 6.07) is 13.4. The van der Waals surface area contributed by atoms with Crippen molar-refractivity contribution in [3.05, 3.63) is 59.4 Å². The minimum Gasteiger partial charge on any atom is -0.454 e. The number of rotatable bonds is 8. The van der Waals surface area contributed by atoms with Crippen LogP contribution >= 0.6 is 11.8 Å². The predicted molar refractivity (Wildman–Crippen MR) is 119 cm³/mol. The summed E-state index contributed by atoms with van der Waals surface area (Å²) in [6.07, 6.45) is 2.24. The summed E-state index contributed by atoms with van der Waals surface area (Å²) < 4.78 is 12.8. The quantitative estimate of drug-likeness (QED) is 0.411. The van der Waals surface area contributed by atoms with Crippen LogP contribution in [-0.4, -0.2) is 39.0 Å². The molecule has 0 spiro atoms. The molecule has 2 aliphatic rings. The fraction of sp³-hybridized carbons (Fsp3) is 0.304. The molecule has 9 heteroatoms. The zero-order valence-corrected chi connectivity index (χ0v) is 18.4. The molecule has 1 saturated carbocycles. The molecule has 1 aliphatic carbocycles. The fourth-order valence-corrected chi connectivity index (χ4v) is 4.36. The van der Waals surface area contributed by atoms with E-state index in [0.717, 1.165) is 24.2 Å². The van der Waals surface area contributed by atoms with Crippen LogP contribution in [0.1, 0.15) is 47.4 Å². The third-order valence-electron chi connectivity index (χ3n) is 5.37. The van der Waals surface area contributed by atoms with Crippen molar-refractivity contribution < 1.29 is 19.1 Å². The summed E-state index contributed by atoms with van der Waals surface area (Å²) in [7, 11) is 0. The van der Waals surface area contributed by atoms with Gasteiger partial charge in [0.05, 0.1) is 18.0 Å². The highest BCUT2D eigenvalue weighted by molar-refractivity contribution is 7.99. The lowest BCUT2D eigenvalue weighted by Crippen LogP contribution is -2.17. The van der Waals surface area contributed by atoms with E-state index in [2.05, 4.69) is 32.2 Å². The Morgan fingerprint density at radius 3 is 2.59 bits per heavy atom. The van der Waals surface area contributed by atoms with Gasteiger partial charge in [0.15, 0.2) is 22.4 Å². The first kappa shape index (κ1) is 20.6. The van der Waals surface area contributed by atoms with E-state index in [1.54, 1.807) is 12.1 Å². The lowest BCUT2D eigenvalue weighted by Gasteiger charge is -2.12. The van der Waals surface area contributed by atoms with Crippen molar-refractivity contribution in [1.29, 1.82) is 0 Å². The zero-order chi connectivity index (χ0) is 22.1. The first-order valence-electron chi connectivity index (χ1n) is 10.4. The van der Waals surface area contributed by atoms with Gasteiger partial charge in [0.2, 0.25) is 12.7 Å². The molecule has 2 heterocycles. The number of carbonyl (C=O) groups excluding carboxylic acids is 2. The first-order chi connectivity index (χ1) is 15.6. The van der Waals surface area contributed by atoms with Crippen molar-refractivity contribution in [3.8, 4) is 11.5 Å². The normalized spacial score (nSPS) is 14.4. The van der Waals surface area contributed by atoms with Crippen LogP contribution in [0.5, 0.6) is 11.5 Å². The number of hydrogen-bond acceptors (Lipinski definition) is 7. The van der Waals surface area contributed by atoms with Gasteiger partial charge in [-0.25, -0.2) is 0 Å². The molecule has 0 bridgehead atoms. The number of ketones is 1. The Morgan fingerprint density at radius 2 is 1.88 bits per heavy atom. The molecular formula is C23H22N4O4S. The minimum atomic E-state index is -0.237. The van der Waals surface area contributed by atoms with Gasteiger partial charge in [-0.05, 0) is 31.4 Å². The zero-order valence-electron chi connectivity index (χ0n) is 17.5. The predicted octanol–water partition coefficient (Wildman–Crippen LogP) is 3.87. The Labute approximate surface area is 189 Å². The van der Waals surface area contributed by atoms with E-state index in [9.17, 15) is 9.59 Å². The molecule has 164 valence electrons. The Bertz CT molecular complexity index is 1170. The second kappa shape index (κ2) is 8.66. The van der Waals surface area contributed by atoms with Crippen LogP contribution in [0.4, 0.5) is 5.69 Å². The molecule has 32 heavy (non-hydrogen) atoms. The first-order valence-corrected chi connectivity index (χ1v) is 11.4. The lowest BCUT2D eigenvalue weighted by molar-refractivity contribution is -0.113. The summed E-state index contributed by atoms with van der Waals surface area (Å²) in [5, 5.41) is 12.3. The minimum absolute atomic E-state index is 0.0975. The van der Waals surface area contributed by atoms with Crippen LogP contribution in [0, 0.1) is 0 Å². The van der Waals surface area contributed by atoms with Crippen LogP contribution in [0.25, 0.3) is 0 Å². The molecule has 1 aromatic heterocycles. The second-order valence-corrected chi connectivity index (χ2v) is 8.77. The molecule has 1 aliphatic heterocycles. The Hall–Kier alpha value is -3.33. The van der Waals surface area contributed by atoms with Gasteiger partial charge >= 0.3 is 0 Å². The summed E-state index contributed by atoms with van der Waals surface area (Å²) in [5.41, 5.74) is 1.96. The standard InChI is InChI=1S/C23H22N4O4S/c1-14(28)17-9-19-20(31-13-30-19)10-18(17)24-21(29)12-32-23-26-25-22(16-7-8-16)27(23)11-15-5-3-2-4-6-15/h2-6,9-10,16H,7-8,11-13H2,1H3,(H,24,29). The molecule has 2 aromatic carbocycles. The van der Waals surface area contributed by atoms with Gasteiger partial charge in [0.25, 0.3) is 0 Å². The van der Waals surface area contributed by atoms with Crippen molar-refractivity contribution >= 4 is 29.1 Å². The highest BCUT2D eigenvalue weighted by atomic mass is 32.2. The van der Waals surface area contributed by atoms with Gasteiger partial charge in [-0.3, -0.25) is 9.59 Å². The number of nitrogens with one attached hydrogen (secondary N) is 1. The van der Waals surface area contributed by atoms with E-state index in [4.69, 9.17) is 9.47 Å². The smallest absolute Gasteiger partial charge is 0.234 e. The number of carbonyl (C=O) groups is 2. The van der Waals surface area contributed by atoms with Gasteiger partial charge in [-0.15, -0.1) is 10.2 Å². The molecule has 5 rings (SSSR count). The maximum absolute atomic E-state index is 12.7. The van der Waals surface area contributed by atoms with Crippen molar-refractivity contribution in [1.82, 2.24) is 14.8 Å². The number of aromatic nitrogens is 3. The maximum Gasteiger partial charge on any atom is 0.234 e. The number of hydrogen-bond donors (Lipinski definition) is 1. The molecule has 1 N–H and O–H groups in total. The number of fused-ring (bicyclic) bond motifs is 1. The largest absolute Gasteiger partial charge is 0.454 e. The molecule has 0 radical (unpaired) electrons. The van der Waals surface area contributed by atoms with E-state index in [1.165, 1.54) is 18.7 Å². The molecule has 0 saturated heterocycles. The Kier molecular flexibility index (Phi) is 5.57. The van der Waals surface area contributed by atoms with E-state index in [0.29, 0.717) is 40.4 Å². The van der Waals surface area contributed by atoms with E-state index < -0.39 is 0 Å². The average molecular weight is 451 g/mol. The van der Waals surface area contributed by atoms with Crippen molar-refractivity contribution in [2.75, 3.05) is 17.9 Å². The summed E-state index contributed by atoms with van der Waals surface area (Å²) in [5.74, 6) is 2.18. The van der Waals surface area contributed by atoms with Crippen molar-refractivity contribution in [2.24, 2.45) is 0 Å². The Balaban J connectivity index is 1.30. The number of nitrogens with zero attached hydrogens (tertiary/aromatic N) is 3. The van der Waals surface area contributed by atoms with Gasteiger partial charge in [0, 0.05) is 17.5 Å². The van der Waals surface area contributed by atoms with Crippen LogP contribution in [0.2, 0.25) is 0 Å². The second-order valence-electron chi connectivity index (χ2n) is 7.83. The van der Waals surface area contributed by atoms with Crippen molar-refractivity contribution in [3.63, 3.8) is 0 Å². The number of ether oxygens (including phenoxy) is 2. The number of benzene rings is 2. The summed E-state index contributed by atoms with van der Waals surface area (Å²) in [6.45, 7) is 2.22.